The van der Waals surface area contributed by atoms with Gasteiger partial charge in [-0.3, -0.25) is 0 Å². The van der Waals surface area contributed by atoms with Crippen LogP contribution in [-0.4, -0.2) is 11.7 Å². The fourth-order valence-corrected chi connectivity index (χ4v) is 2.21. The number of nitrogens with zero attached hydrogens (tertiary/aromatic N) is 1. The minimum Gasteiger partial charge on any atom is -0.387 e. The van der Waals surface area contributed by atoms with E-state index < -0.39 is 17.7 Å². The predicted molar refractivity (Wildman–Crippen MR) is 78.7 cm³/mol. The third-order valence-corrected chi connectivity index (χ3v) is 3.36. The highest BCUT2D eigenvalue weighted by atomic mass is 79.9. The molecule has 0 aliphatic heterocycles. The van der Waals surface area contributed by atoms with Gasteiger partial charge in [0.15, 0.2) is 0 Å². The molecule has 0 aliphatic rings. The second kappa shape index (κ2) is 6.66. The topological polar surface area (TPSA) is 56.0 Å². The SMILES string of the molecule is N#Cc1ccc(C(O)CNc2c(F)cc(Br)cc2F)cc1. The van der Waals surface area contributed by atoms with E-state index in [9.17, 15) is 13.9 Å². The second-order valence-electron chi connectivity index (χ2n) is 4.37. The molecule has 2 N–H and O–H groups in total. The maximum Gasteiger partial charge on any atom is 0.150 e. The molecule has 0 bridgehead atoms. The van der Waals surface area contributed by atoms with Gasteiger partial charge in [0, 0.05) is 11.0 Å². The van der Waals surface area contributed by atoms with E-state index in [0.717, 1.165) is 12.1 Å². The van der Waals surface area contributed by atoms with Crippen LogP contribution >= 0.6 is 15.9 Å². The number of benzene rings is 2. The smallest absolute Gasteiger partial charge is 0.150 e. The van der Waals surface area contributed by atoms with Crippen LogP contribution in [0.25, 0.3) is 0 Å². The number of nitrogens with one attached hydrogen (secondary N) is 1. The molecule has 2 rings (SSSR count). The number of anilines is 1. The highest BCUT2D eigenvalue weighted by Crippen LogP contribution is 2.24. The van der Waals surface area contributed by atoms with Gasteiger partial charge in [0.2, 0.25) is 0 Å². The maximum atomic E-state index is 13.6. The van der Waals surface area contributed by atoms with Gasteiger partial charge < -0.3 is 10.4 Å². The molecule has 2 aromatic rings. The van der Waals surface area contributed by atoms with Gasteiger partial charge in [-0.25, -0.2) is 8.78 Å². The van der Waals surface area contributed by atoms with Crippen molar-refractivity contribution in [3.05, 3.63) is 63.6 Å². The first-order valence-corrected chi connectivity index (χ1v) is 6.87. The van der Waals surface area contributed by atoms with Crippen LogP contribution in [0.3, 0.4) is 0 Å². The van der Waals surface area contributed by atoms with Crippen molar-refractivity contribution in [2.45, 2.75) is 6.10 Å². The van der Waals surface area contributed by atoms with Crippen molar-refractivity contribution in [1.29, 1.82) is 5.26 Å². The Bertz CT molecular complexity index is 660. The Morgan fingerprint density at radius 3 is 2.29 bits per heavy atom. The average molecular weight is 353 g/mol. The summed E-state index contributed by atoms with van der Waals surface area (Å²) in [5.41, 5.74) is 0.745. The lowest BCUT2D eigenvalue weighted by Gasteiger charge is -2.14. The number of aliphatic hydroxyl groups excluding tert-OH is 1. The van der Waals surface area contributed by atoms with Gasteiger partial charge >= 0.3 is 0 Å². The summed E-state index contributed by atoms with van der Waals surface area (Å²) in [6, 6.07) is 10.6. The molecule has 1 unspecified atom stereocenters. The van der Waals surface area contributed by atoms with E-state index in [0.29, 0.717) is 15.6 Å². The van der Waals surface area contributed by atoms with Crippen LogP contribution in [-0.2, 0) is 0 Å². The number of hydrogen-bond acceptors (Lipinski definition) is 3. The van der Waals surface area contributed by atoms with Gasteiger partial charge in [0.25, 0.3) is 0 Å². The van der Waals surface area contributed by atoms with Gasteiger partial charge in [-0.2, -0.15) is 5.26 Å². The molecule has 108 valence electrons. The highest BCUT2D eigenvalue weighted by molar-refractivity contribution is 9.10. The van der Waals surface area contributed by atoms with Crippen molar-refractivity contribution < 1.29 is 13.9 Å². The van der Waals surface area contributed by atoms with Crippen LogP contribution in [0.1, 0.15) is 17.2 Å². The van der Waals surface area contributed by atoms with E-state index in [2.05, 4.69) is 21.2 Å². The first-order valence-electron chi connectivity index (χ1n) is 6.08. The predicted octanol–water partition coefficient (Wildman–Crippen LogP) is 3.74. The largest absolute Gasteiger partial charge is 0.387 e. The van der Waals surface area contributed by atoms with Crippen molar-refractivity contribution in [3.63, 3.8) is 0 Å². The van der Waals surface area contributed by atoms with E-state index in [1.54, 1.807) is 24.3 Å². The zero-order valence-electron chi connectivity index (χ0n) is 10.8. The molecular weight excluding hydrogens is 342 g/mol. The number of nitriles is 1. The van der Waals surface area contributed by atoms with Crippen LogP contribution in [0.4, 0.5) is 14.5 Å². The van der Waals surface area contributed by atoms with Gasteiger partial charge in [0.05, 0.1) is 17.7 Å². The lowest BCUT2D eigenvalue weighted by Crippen LogP contribution is -2.14. The molecule has 3 nitrogen and oxygen atoms in total. The first-order chi connectivity index (χ1) is 10.0. The number of rotatable bonds is 4. The van der Waals surface area contributed by atoms with E-state index in [1.807, 2.05) is 6.07 Å². The molecule has 0 saturated carbocycles. The van der Waals surface area contributed by atoms with Gasteiger partial charge in [-0.15, -0.1) is 0 Å². The standard InChI is InChI=1S/C15H11BrF2N2O/c16-11-5-12(17)15(13(18)6-11)20-8-14(21)10-3-1-9(7-19)2-4-10/h1-6,14,20-21H,8H2. The summed E-state index contributed by atoms with van der Waals surface area (Å²) in [4.78, 5) is 0. The molecule has 6 heteroatoms. The maximum absolute atomic E-state index is 13.6. The van der Waals surface area contributed by atoms with Crippen molar-refractivity contribution in [3.8, 4) is 6.07 Å². The van der Waals surface area contributed by atoms with Crippen LogP contribution in [0.15, 0.2) is 40.9 Å². The van der Waals surface area contributed by atoms with Crippen LogP contribution in [0.5, 0.6) is 0 Å². The Balaban J connectivity index is 2.07. The monoisotopic (exact) mass is 352 g/mol. The molecule has 0 fully saturated rings. The Hall–Kier alpha value is -1.97. The number of hydrogen-bond donors (Lipinski definition) is 2. The minimum atomic E-state index is -0.944. The minimum absolute atomic E-state index is 0.0542. The number of aliphatic hydroxyl groups is 1. The molecular formula is C15H11BrF2N2O. The van der Waals surface area contributed by atoms with E-state index >= 15 is 0 Å². The molecule has 1 atom stereocenters. The van der Waals surface area contributed by atoms with Crippen LogP contribution < -0.4 is 5.32 Å². The molecule has 2 aromatic carbocycles. The van der Waals surface area contributed by atoms with Crippen molar-refractivity contribution >= 4 is 21.6 Å². The van der Waals surface area contributed by atoms with Gasteiger partial charge in [-0.1, -0.05) is 28.1 Å². The zero-order valence-corrected chi connectivity index (χ0v) is 12.4. The first kappa shape index (κ1) is 15.4. The third kappa shape index (κ3) is 3.78. The second-order valence-corrected chi connectivity index (χ2v) is 5.29. The Morgan fingerprint density at radius 1 is 1.19 bits per heavy atom. The molecule has 21 heavy (non-hydrogen) atoms. The zero-order chi connectivity index (χ0) is 15.4. The number of halogens is 3. The van der Waals surface area contributed by atoms with Gasteiger partial charge in [-0.05, 0) is 29.8 Å². The van der Waals surface area contributed by atoms with Crippen molar-refractivity contribution in [2.24, 2.45) is 0 Å². The summed E-state index contributed by atoms with van der Waals surface area (Å²) in [6.07, 6.45) is -0.944. The normalized spacial score (nSPS) is 11.8. The van der Waals surface area contributed by atoms with E-state index in [1.165, 1.54) is 0 Å². The molecule has 0 heterocycles. The molecule has 0 saturated heterocycles. The molecule has 0 spiro atoms. The summed E-state index contributed by atoms with van der Waals surface area (Å²) >= 11 is 2.99. The quantitative estimate of drug-likeness (QED) is 0.880. The lowest BCUT2D eigenvalue weighted by molar-refractivity contribution is 0.191. The molecule has 0 aromatic heterocycles. The Morgan fingerprint density at radius 2 is 1.76 bits per heavy atom. The fraction of sp³-hybridized carbons (Fsp3) is 0.133. The third-order valence-electron chi connectivity index (χ3n) is 2.90. The summed E-state index contributed by atoms with van der Waals surface area (Å²) in [7, 11) is 0. The molecule has 0 radical (unpaired) electrons. The fourth-order valence-electron chi connectivity index (χ4n) is 1.81. The molecule has 0 amide bonds. The Labute approximate surface area is 129 Å². The summed E-state index contributed by atoms with van der Waals surface area (Å²) < 4.78 is 27.5. The summed E-state index contributed by atoms with van der Waals surface area (Å²) in [5, 5.41) is 21.2. The average Bonchev–Trinajstić information content (AvgIpc) is 2.46. The van der Waals surface area contributed by atoms with E-state index in [4.69, 9.17) is 5.26 Å². The summed E-state index contributed by atoms with van der Waals surface area (Å²) in [5.74, 6) is -1.48. The van der Waals surface area contributed by atoms with Gasteiger partial charge in [0.1, 0.15) is 17.3 Å². The Kier molecular flexibility index (Phi) is 4.89. The van der Waals surface area contributed by atoms with Crippen molar-refractivity contribution in [1.82, 2.24) is 0 Å². The van der Waals surface area contributed by atoms with Crippen LogP contribution in [0.2, 0.25) is 0 Å². The van der Waals surface area contributed by atoms with Crippen molar-refractivity contribution in [2.75, 3.05) is 11.9 Å². The van der Waals surface area contributed by atoms with Crippen LogP contribution in [0, 0.1) is 23.0 Å². The highest BCUT2D eigenvalue weighted by Gasteiger charge is 2.13. The molecule has 0 aliphatic carbocycles. The lowest BCUT2D eigenvalue weighted by atomic mass is 10.1. The van der Waals surface area contributed by atoms with E-state index in [-0.39, 0.29) is 12.2 Å². The summed E-state index contributed by atoms with van der Waals surface area (Å²) in [6.45, 7) is -0.0542.